The molecule has 16 heavy (non-hydrogen) atoms. The van der Waals surface area contributed by atoms with Gasteiger partial charge in [-0.05, 0) is 51.4 Å². The Hall–Kier alpha value is -0.610. The fourth-order valence-electron chi connectivity index (χ4n) is 2.26. The van der Waals surface area contributed by atoms with Gasteiger partial charge in [-0.1, -0.05) is 13.8 Å². The zero-order valence-corrected chi connectivity index (χ0v) is 10.5. The first-order valence-electron chi connectivity index (χ1n) is 6.42. The Morgan fingerprint density at radius 3 is 2.50 bits per heavy atom. The summed E-state index contributed by atoms with van der Waals surface area (Å²) in [6.45, 7) is 8.66. The summed E-state index contributed by atoms with van der Waals surface area (Å²) in [7, 11) is 0. The number of piperidine rings is 1. The number of rotatable bonds is 6. The van der Waals surface area contributed by atoms with E-state index in [1.165, 1.54) is 25.9 Å². The van der Waals surface area contributed by atoms with Crippen LogP contribution >= 0.6 is 0 Å². The number of nitrogens with one attached hydrogen (secondary N) is 1. The second-order valence-electron chi connectivity index (χ2n) is 4.65. The maximum absolute atomic E-state index is 11.1. The predicted molar refractivity (Wildman–Crippen MR) is 66.1 cm³/mol. The van der Waals surface area contributed by atoms with Crippen LogP contribution < -0.4 is 11.1 Å². The average Bonchev–Trinajstić information content (AvgIpc) is 2.30. The zero-order valence-electron chi connectivity index (χ0n) is 10.5. The van der Waals surface area contributed by atoms with Crippen molar-refractivity contribution in [3.63, 3.8) is 0 Å². The Labute approximate surface area is 98.6 Å². The predicted octanol–water partition coefficient (Wildman–Crippen LogP) is 0.572. The molecular formula is C12H25N3O. The van der Waals surface area contributed by atoms with E-state index < -0.39 is 0 Å². The molecule has 4 nitrogen and oxygen atoms in total. The molecule has 1 amide bonds. The molecule has 94 valence electrons. The lowest BCUT2D eigenvalue weighted by Gasteiger charge is -2.31. The molecule has 0 aliphatic carbocycles. The van der Waals surface area contributed by atoms with Crippen molar-refractivity contribution in [1.29, 1.82) is 0 Å². The molecule has 0 saturated carbocycles. The minimum absolute atomic E-state index is 0.149. The minimum atomic E-state index is -0.228. The van der Waals surface area contributed by atoms with Crippen molar-refractivity contribution < 1.29 is 4.79 Å². The van der Waals surface area contributed by atoms with Gasteiger partial charge in [0.1, 0.15) is 0 Å². The van der Waals surface area contributed by atoms with Gasteiger partial charge < -0.3 is 16.0 Å². The van der Waals surface area contributed by atoms with E-state index >= 15 is 0 Å². The SMILES string of the molecule is CCC(NCC1CCN(CC)CC1)C(N)=O. The van der Waals surface area contributed by atoms with Crippen LogP contribution in [0.5, 0.6) is 0 Å². The van der Waals surface area contributed by atoms with E-state index in [0.29, 0.717) is 5.92 Å². The third kappa shape index (κ3) is 4.10. The number of likely N-dealkylation sites (tertiary alicyclic amines) is 1. The van der Waals surface area contributed by atoms with Gasteiger partial charge in [-0.3, -0.25) is 4.79 Å². The Bertz CT molecular complexity index is 212. The van der Waals surface area contributed by atoms with Crippen LogP contribution in [0.3, 0.4) is 0 Å². The van der Waals surface area contributed by atoms with Gasteiger partial charge in [0, 0.05) is 0 Å². The molecule has 1 saturated heterocycles. The van der Waals surface area contributed by atoms with Crippen LogP contribution in [0.1, 0.15) is 33.1 Å². The second-order valence-corrected chi connectivity index (χ2v) is 4.65. The zero-order chi connectivity index (χ0) is 12.0. The van der Waals surface area contributed by atoms with Gasteiger partial charge in [0.15, 0.2) is 0 Å². The number of hydrogen-bond donors (Lipinski definition) is 2. The minimum Gasteiger partial charge on any atom is -0.368 e. The van der Waals surface area contributed by atoms with Gasteiger partial charge in [-0.15, -0.1) is 0 Å². The molecule has 1 atom stereocenters. The normalized spacial score (nSPS) is 20.9. The number of hydrogen-bond acceptors (Lipinski definition) is 3. The Morgan fingerprint density at radius 1 is 1.44 bits per heavy atom. The van der Waals surface area contributed by atoms with Crippen LogP contribution in [0, 0.1) is 5.92 Å². The van der Waals surface area contributed by atoms with Crippen LogP contribution in [0.15, 0.2) is 0 Å². The molecule has 3 N–H and O–H groups in total. The van der Waals surface area contributed by atoms with E-state index in [4.69, 9.17) is 5.73 Å². The molecular weight excluding hydrogens is 202 g/mol. The first-order valence-corrected chi connectivity index (χ1v) is 6.42. The van der Waals surface area contributed by atoms with Gasteiger partial charge in [-0.2, -0.15) is 0 Å². The van der Waals surface area contributed by atoms with E-state index in [1.54, 1.807) is 0 Å². The highest BCUT2D eigenvalue weighted by molar-refractivity contribution is 5.79. The topological polar surface area (TPSA) is 58.4 Å². The maximum Gasteiger partial charge on any atom is 0.234 e. The van der Waals surface area contributed by atoms with Crippen LogP contribution in [0.25, 0.3) is 0 Å². The van der Waals surface area contributed by atoms with Crippen LogP contribution in [0.2, 0.25) is 0 Å². The second kappa shape index (κ2) is 6.86. The van der Waals surface area contributed by atoms with Crippen LogP contribution in [-0.2, 0) is 4.79 Å². The Balaban J connectivity index is 2.21. The standard InChI is InChI=1S/C12H25N3O/c1-3-11(12(13)16)14-9-10-5-7-15(4-2)8-6-10/h10-11,14H,3-9H2,1-2H3,(H2,13,16). The third-order valence-electron chi connectivity index (χ3n) is 3.56. The van der Waals surface area contributed by atoms with E-state index in [1.807, 2.05) is 6.92 Å². The molecule has 0 aromatic heterocycles. The average molecular weight is 227 g/mol. The van der Waals surface area contributed by atoms with E-state index in [2.05, 4.69) is 17.1 Å². The molecule has 1 unspecified atom stereocenters. The van der Waals surface area contributed by atoms with Crippen molar-refractivity contribution in [1.82, 2.24) is 10.2 Å². The number of carbonyl (C=O) groups is 1. The van der Waals surface area contributed by atoms with Crippen molar-refractivity contribution in [2.45, 2.75) is 39.2 Å². The molecule has 0 aromatic carbocycles. The molecule has 0 spiro atoms. The van der Waals surface area contributed by atoms with Crippen LogP contribution in [0.4, 0.5) is 0 Å². The highest BCUT2D eigenvalue weighted by Crippen LogP contribution is 2.16. The molecule has 1 aliphatic rings. The molecule has 0 bridgehead atoms. The smallest absolute Gasteiger partial charge is 0.234 e. The summed E-state index contributed by atoms with van der Waals surface area (Å²) < 4.78 is 0. The molecule has 1 heterocycles. The summed E-state index contributed by atoms with van der Waals surface area (Å²) in [6.07, 6.45) is 3.25. The summed E-state index contributed by atoms with van der Waals surface area (Å²) in [5, 5.41) is 3.28. The monoisotopic (exact) mass is 227 g/mol. The molecule has 1 fully saturated rings. The molecule has 0 aromatic rings. The van der Waals surface area contributed by atoms with Crippen LogP contribution in [-0.4, -0.2) is 43.0 Å². The van der Waals surface area contributed by atoms with Crippen molar-refractivity contribution in [2.24, 2.45) is 11.7 Å². The van der Waals surface area contributed by atoms with Gasteiger partial charge in [0.2, 0.25) is 5.91 Å². The number of nitrogens with zero attached hydrogens (tertiary/aromatic N) is 1. The van der Waals surface area contributed by atoms with E-state index in [9.17, 15) is 4.79 Å². The summed E-state index contributed by atoms with van der Waals surface area (Å²) in [5.74, 6) is 0.477. The largest absolute Gasteiger partial charge is 0.368 e. The van der Waals surface area contributed by atoms with Gasteiger partial charge >= 0.3 is 0 Å². The quantitative estimate of drug-likeness (QED) is 0.697. The number of amides is 1. The van der Waals surface area contributed by atoms with Crippen molar-refractivity contribution in [2.75, 3.05) is 26.2 Å². The lowest BCUT2D eigenvalue weighted by molar-refractivity contribution is -0.120. The van der Waals surface area contributed by atoms with Crippen molar-refractivity contribution in [3.05, 3.63) is 0 Å². The van der Waals surface area contributed by atoms with Crippen molar-refractivity contribution >= 4 is 5.91 Å². The van der Waals surface area contributed by atoms with Gasteiger partial charge in [-0.25, -0.2) is 0 Å². The first-order chi connectivity index (χ1) is 7.67. The lowest BCUT2D eigenvalue weighted by Crippen LogP contribution is -2.44. The summed E-state index contributed by atoms with van der Waals surface area (Å²) in [5.41, 5.74) is 5.30. The van der Waals surface area contributed by atoms with E-state index in [-0.39, 0.29) is 11.9 Å². The number of nitrogens with two attached hydrogens (primary N) is 1. The molecule has 1 rings (SSSR count). The Kier molecular flexibility index (Phi) is 5.77. The van der Waals surface area contributed by atoms with Gasteiger partial charge in [0.25, 0.3) is 0 Å². The fraction of sp³-hybridized carbons (Fsp3) is 0.917. The third-order valence-corrected chi connectivity index (χ3v) is 3.56. The number of carbonyl (C=O) groups excluding carboxylic acids is 1. The van der Waals surface area contributed by atoms with E-state index in [0.717, 1.165) is 19.5 Å². The lowest BCUT2D eigenvalue weighted by atomic mass is 9.96. The molecule has 1 aliphatic heterocycles. The van der Waals surface area contributed by atoms with Gasteiger partial charge in [0.05, 0.1) is 6.04 Å². The first kappa shape index (κ1) is 13.5. The number of primary amides is 1. The Morgan fingerprint density at radius 2 is 2.06 bits per heavy atom. The maximum atomic E-state index is 11.1. The van der Waals surface area contributed by atoms with Crippen molar-refractivity contribution in [3.8, 4) is 0 Å². The molecule has 4 heteroatoms. The fourth-order valence-corrected chi connectivity index (χ4v) is 2.26. The summed E-state index contributed by atoms with van der Waals surface area (Å²) in [6, 6.07) is -0.149. The highest BCUT2D eigenvalue weighted by atomic mass is 16.1. The highest BCUT2D eigenvalue weighted by Gasteiger charge is 2.20. The molecule has 0 radical (unpaired) electrons. The summed E-state index contributed by atoms with van der Waals surface area (Å²) >= 11 is 0. The summed E-state index contributed by atoms with van der Waals surface area (Å²) in [4.78, 5) is 13.5.